The Morgan fingerprint density at radius 3 is 2.11 bits per heavy atom. The minimum Gasteiger partial charge on any atom is -0.357 e. The van der Waals surface area contributed by atoms with Crippen LogP contribution in [0.3, 0.4) is 0 Å². The number of anilines is 1. The van der Waals surface area contributed by atoms with Crippen molar-refractivity contribution in [1.82, 2.24) is 10.2 Å². The Kier molecular flexibility index (Phi) is 9.47. The van der Waals surface area contributed by atoms with E-state index in [1.165, 1.54) is 42.3 Å². The third kappa shape index (κ3) is 6.96. The second-order valence-corrected chi connectivity index (χ2v) is 11.5. The van der Waals surface area contributed by atoms with Crippen molar-refractivity contribution in [1.29, 1.82) is 0 Å². The van der Waals surface area contributed by atoms with Crippen molar-refractivity contribution >= 4 is 62.3 Å². The lowest BCUT2D eigenvalue weighted by molar-refractivity contribution is -0.139. The monoisotopic (exact) mass is 581 g/mol. The fourth-order valence-corrected chi connectivity index (χ4v) is 5.41. The molecule has 1 N–H and O–H groups in total. The van der Waals surface area contributed by atoms with Crippen LogP contribution < -0.4 is 9.62 Å². The smallest absolute Gasteiger partial charge is 0.264 e. The van der Waals surface area contributed by atoms with Crippen LogP contribution in [0.15, 0.2) is 71.6 Å². The quantitative estimate of drug-likeness (QED) is 0.370. The molecule has 0 heterocycles. The number of rotatable bonds is 9. The first-order valence-electron chi connectivity index (χ1n) is 11.2. The summed E-state index contributed by atoms with van der Waals surface area (Å²) in [7, 11) is -2.73. The molecule has 3 rings (SSSR count). The third-order valence-corrected chi connectivity index (χ3v) is 8.54. The van der Waals surface area contributed by atoms with Crippen molar-refractivity contribution < 1.29 is 18.0 Å². The lowest BCUT2D eigenvalue weighted by atomic mass is 10.1. The Labute approximate surface area is 232 Å². The van der Waals surface area contributed by atoms with Crippen LogP contribution in [0.1, 0.15) is 18.1 Å². The number of amides is 2. The van der Waals surface area contributed by atoms with Gasteiger partial charge < -0.3 is 10.2 Å². The number of carbonyl (C=O) groups excluding carboxylic acids is 2. The SMILES string of the molecule is CNC(=O)[C@H](C)N(Cc1ccc(Cl)cc1)C(=O)CN(c1ccc(Cl)c(Cl)c1)S(=O)(=O)c1ccc(C)cc1. The summed E-state index contributed by atoms with van der Waals surface area (Å²) in [6, 6.07) is 16.5. The molecular weight excluding hydrogens is 557 g/mol. The summed E-state index contributed by atoms with van der Waals surface area (Å²) >= 11 is 18.2. The standard InChI is InChI=1S/C26H26Cl3N3O4S/c1-17-4-11-22(12-5-17)37(35,36)32(21-10-13-23(28)24(29)14-21)16-25(33)31(18(2)26(34)30-3)15-19-6-8-20(27)9-7-19/h4-14,18H,15-16H2,1-3H3,(H,30,34)/t18-/m0/s1. The first-order chi connectivity index (χ1) is 17.4. The maximum Gasteiger partial charge on any atom is 0.264 e. The largest absolute Gasteiger partial charge is 0.357 e. The lowest BCUT2D eigenvalue weighted by Crippen LogP contribution is -2.50. The minimum atomic E-state index is -4.19. The van der Waals surface area contributed by atoms with E-state index in [1.807, 2.05) is 6.92 Å². The summed E-state index contributed by atoms with van der Waals surface area (Å²) in [4.78, 5) is 27.5. The maximum atomic E-state index is 13.7. The number of halogens is 3. The average molecular weight is 583 g/mol. The van der Waals surface area contributed by atoms with Gasteiger partial charge in [0.15, 0.2) is 0 Å². The van der Waals surface area contributed by atoms with E-state index >= 15 is 0 Å². The van der Waals surface area contributed by atoms with E-state index in [0.29, 0.717) is 5.02 Å². The number of hydrogen-bond donors (Lipinski definition) is 1. The second-order valence-electron chi connectivity index (χ2n) is 8.36. The molecule has 0 aromatic heterocycles. The van der Waals surface area contributed by atoms with Gasteiger partial charge in [-0.3, -0.25) is 13.9 Å². The number of likely N-dealkylation sites (N-methyl/N-ethyl adjacent to an activating group) is 1. The van der Waals surface area contributed by atoms with E-state index in [2.05, 4.69) is 5.32 Å². The molecule has 0 unspecified atom stereocenters. The van der Waals surface area contributed by atoms with Crippen LogP contribution in [-0.2, 0) is 26.2 Å². The van der Waals surface area contributed by atoms with E-state index in [-0.39, 0.29) is 27.2 Å². The zero-order valence-electron chi connectivity index (χ0n) is 20.4. The van der Waals surface area contributed by atoms with Crippen LogP contribution in [-0.4, -0.2) is 44.8 Å². The highest BCUT2D eigenvalue weighted by molar-refractivity contribution is 7.92. The van der Waals surface area contributed by atoms with E-state index in [4.69, 9.17) is 34.8 Å². The van der Waals surface area contributed by atoms with Crippen molar-refractivity contribution in [2.24, 2.45) is 0 Å². The molecule has 7 nitrogen and oxygen atoms in total. The molecular formula is C26H26Cl3N3O4S. The number of benzene rings is 3. The van der Waals surface area contributed by atoms with E-state index in [9.17, 15) is 18.0 Å². The van der Waals surface area contributed by atoms with Gasteiger partial charge in [0.1, 0.15) is 12.6 Å². The lowest BCUT2D eigenvalue weighted by Gasteiger charge is -2.32. The average Bonchev–Trinajstić information content (AvgIpc) is 2.87. The second kappa shape index (κ2) is 12.2. The number of aryl methyl sites for hydroxylation is 1. The molecule has 196 valence electrons. The highest BCUT2D eigenvalue weighted by Gasteiger charge is 2.32. The molecule has 37 heavy (non-hydrogen) atoms. The van der Waals surface area contributed by atoms with Gasteiger partial charge in [-0.15, -0.1) is 0 Å². The molecule has 11 heteroatoms. The van der Waals surface area contributed by atoms with Gasteiger partial charge >= 0.3 is 0 Å². The molecule has 0 aliphatic heterocycles. The molecule has 0 aliphatic rings. The summed E-state index contributed by atoms with van der Waals surface area (Å²) in [5, 5.41) is 3.43. The van der Waals surface area contributed by atoms with Crippen molar-refractivity contribution in [2.45, 2.75) is 31.3 Å². The molecule has 0 fully saturated rings. The van der Waals surface area contributed by atoms with Crippen molar-refractivity contribution in [3.63, 3.8) is 0 Å². The van der Waals surface area contributed by atoms with Gasteiger partial charge in [-0.2, -0.15) is 0 Å². The van der Waals surface area contributed by atoms with Gasteiger partial charge in [0, 0.05) is 18.6 Å². The molecule has 0 saturated heterocycles. The Balaban J connectivity index is 2.05. The predicted octanol–water partition coefficient (Wildman–Crippen LogP) is 5.31. The minimum absolute atomic E-state index is 0.000531. The number of nitrogens with one attached hydrogen (secondary N) is 1. The molecule has 0 radical (unpaired) electrons. The zero-order chi connectivity index (χ0) is 27.3. The zero-order valence-corrected chi connectivity index (χ0v) is 23.5. The van der Waals surface area contributed by atoms with E-state index < -0.39 is 34.4 Å². The fourth-order valence-electron chi connectivity index (χ4n) is 3.58. The molecule has 2 amide bonds. The van der Waals surface area contributed by atoms with Crippen molar-refractivity contribution in [3.8, 4) is 0 Å². The van der Waals surface area contributed by atoms with E-state index in [1.54, 1.807) is 43.3 Å². The van der Waals surface area contributed by atoms with Crippen LogP contribution in [0.5, 0.6) is 0 Å². The van der Waals surface area contributed by atoms with Gasteiger partial charge in [-0.05, 0) is 61.9 Å². The van der Waals surface area contributed by atoms with Gasteiger partial charge in [-0.25, -0.2) is 8.42 Å². The van der Waals surface area contributed by atoms with Crippen molar-refractivity contribution in [3.05, 3.63) is 92.9 Å². The summed E-state index contributed by atoms with van der Waals surface area (Å²) < 4.78 is 28.4. The molecule has 0 bridgehead atoms. The summed E-state index contributed by atoms with van der Waals surface area (Å²) in [6.07, 6.45) is 0. The molecule has 0 saturated carbocycles. The first-order valence-corrected chi connectivity index (χ1v) is 13.8. The Morgan fingerprint density at radius 2 is 1.54 bits per heavy atom. The molecule has 3 aromatic rings. The Bertz CT molecular complexity index is 1380. The van der Waals surface area contributed by atoms with Crippen LogP contribution >= 0.6 is 34.8 Å². The van der Waals surface area contributed by atoms with Crippen LogP contribution in [0, 0.1) is 6.92 Å². The Morgan fingerprint density at radius 1 is 0.919 bits per heavy atom. The van der Waals surface area contributed by atoms with Gasteiger partial charge in [-0.1, -0.05) is 64.6 Å². The van der Waals surface area contributed by atoms with Gasteiger partial charge in [0.05, 0.1) is 20.6 Å². The third-order valence-electron chi connectivity index (χ3n) is 5.76. The highest BCUT2D eigenvalue weighted by Crippen LogP contribution is 2.31. The highest BCUT2D eigenvalue weighted by atomic mass is 35.5. The molecule has 3 aromatic carbocycles. The van der Waals surface area contributed by atoms with Crippen LogP contribution in [0.4, 0.5) is 5.69 Å². The van der Waals surface area contributed by atoms with Gasteiger partial charge in [0.2, 0.25) is 11.8 Å². The summed E-state index contributed by atoms with van der Waals surface area (Å²) in [5.41, 5.74) is 1.75. The molecule has 1 atom stereocenters. The van der Waals surface area contributed by atoms with Gasteiger partial charge in [0.25, 0.3) is 10.0 Å². The summed E-state index contributed by atoms with van der Waals surface area (Å²) in [6.45, 7) is 2.89. The Hall–Kier alpha value is -2.78. The first kappa shape index (κ1) is 28.8. The maximum absolute atomic E-state index is 13.7. The molecule has 0 aliphatic carbocycles. The summed E-state index contributed by atoms with van der Waals surface area (Å²) in [5.74, 6) is -0.988. The predicted molar refractivity (Wildman–Crippen MR) is 148 cm³/mol. The number of carbonyl (C=O) groups is 2. The normalized spacial score (nSPS) is 12.1. The van der Waals surface area contributed by atoms with Crippen molar-refractivity contribution in [2.75, 3.05) is 17.9 Å². The van der Waals surface area contributed by atoms with Crippen LogP contribution in [0.2, 0.25) is 15.1 Å². The van der Waals surface area contributed by atoms with E-state index in [0.717, 1.165) is 15.4 Å². The number of hydrogen-bond acceptors (Lipinski definition) is 4. The number of nitrogens with zero attached hydrogens (tertiary/aromatic N) is 2. The van der Waals surface area contributed by atoms with Crippen LogP contribution in [0.25, 0.3) is 0 Å². The fraction of sp³-hybridized carbons (Fsp3) is 0.231. The number of sulfonamides is 1. The molecule has 0 spiro atoms. The topological polar surface area (TPSA) is 86.8 Å².